The van der Waals surface area contributed by atoms with E-state index in [4.69, 9.17) is 15.9 Å². The largest absolute Gasteiger partial charge is 0.461 e. The van der Waals surface area contributed by atoms with E-state index in [9.17, 15) is 9.59 Å². The maximum atomic E-state index is 12.8. The molecule has 0 heterocycles. The van der Waals surface area contributed by atoms with Crippen LogP contribution in [0.5, 0.6) is 0 Å². The first kappa shape index (κ1) is 21.2. The number of terminal acetylenes is 1. The number of esters is 2. The third kappa shape index (κ3) is 4.72. The Morgan fingerprint density at radius 2 is 2.00 bits per heavy atom. The van der Waals surface area contributed by atoms with Crippen LogP contribution in [0.25, 0.3) is 0 Å². The smallest absolute Gasteiger partial charge is 0.330 e. The van der Waals surface area contributed by atoms with Crippen LogP contribution in [-0.2, 0) is 38.3 Å². The van der Waals surface area contributed by atoms with E-state index in [1.807, 2.05) is 46.8 Å². The van der Waals surface area contributed by atoms with E-state index in [0.717, 1.165) is 12.0 Å². The highest BCUT2D eigenvalue weighted by Gasteiger charge is 2.61. The number of rotatable bonds is 5. The van der Waals surface area contributed by atoms with Gasteiger partial charge in [-0.1, -0.05) is 38.1 Å². The molecule has 1 unspecified atom stereocenters. The lowest BCUT2D eigenvalue weighted by atomic mass is 10.0. The average molecular weight is 395 g/mol. The summed E-state index contributed by atoms with van der Waals surface area (Å²) in [5.41, 5.74) is 2.82. The molecule has 1 saturated carbocycles. The molecule has 0 bridgehead atoms. The SMILES string of the molecule is C#CCc1cccc2c1CC(OC(=O)[C@@H]1[C@H](C=CC(=O)OC(C)(C)C)C1(C)C)C2. The molecule has 0 amide bonds. The Balaban J connectivity index is 1.60. The molecule has 0 aliphatic heterocycles. The van der Waals surface area contributed by atoms with Crippen molar-refractivity contribution in [2.45, 2.75) is 65.6 Å². The van der Waals surface area contributed by atoms with E-state index in [2.05, 4.69) is 12.0 Å². The van der Waals surface area contributed by atoms with Crippen LogP contribution >= 0.6 is 0 Å². The van der Waals surface area contributed by atoms with Gasteiger partial charge in [0.2, 0.25) is 0 Å². The number of hydrogen-bond donors (Lipinski definition) is 0. The minimum Gasteiger partial charge on any atom is -0.461 e. The van der Waals surface area contributed by atoms with Crippen LogP contribution in [-0.4, -0.2) is 23.6 Å². The van der Waals surface area contributed by atoms with Gasteiger partial charge in [-0.3, -0.25) is 4.79 Å². The van der Waals surface area contributed by atoms with Crippen molar-refractivity contribution in [1.82, 2.24) is 0 Å². The highest BCUT2D eigenvalue weighted by Crippen LogP contribution is 2.59. The maximum Gasteiger partial charge on any atom is 0.330 e. The molecular weight excluding hydrogens is 364 g/mol. The Bertz CT molecular complexity index is 879. The van der Waals surface area contributed by atoms with Crippen LogP contribution in [0, 0.1) is 29.6 Å². The molecule has 2 aliphatic carbocycles. The summed E-state index contributed by atoms with van der Waals surface area (Å²) in [6.07, 6.45) is 10.6. The zero-order valence-corrected chi connectivity index (χ0v) is 18.0. The Kier molecular flexibility index (Phi) is 5.63. The molecule has 1 aromatic rings. The highest BCUT2D eigenvalue weighted by molar-refractivity contribution is 5.83. The van der Waals surface area contributed by atoms with E-state index in [0.29, 0.717) is 12.8 Å². The number of ether oxygens (including phenoxy) is 2. The van der Waals surface area contributed by atoms with Crippen molar-refractivity contribution in [2.75, 3.05) is 0 Å². The van der Waals surface area contributed by atoms with Crippen molar-refractivity contribution in [1.29, 1.82) is 0 Å². The van der Waals surface area contributed by atoms with Gasteiger partial charge >= 0.3 is 11.9 Å². The monoisotopic (exact) mass is 394 g/mol. The van der Waals surface area contributed by atoms with Crippen molar-refractivity contribution >= 4 is 11.9 Å². The average Bonchev–Trinajstić information content (AvgIpc) is 2.93. The summed E-state index contributed by atoms with van der Waals surface area (Å²) in [6.45, 7) is 9.53. The number of benzene rings is 1. The van der Waals surface area contributed by atoms with Gasteiger partial charge < -0.3 is 9.47 Å². The lowest BCUT2D eigenvalue weighted by Gasteiger charge is -2.17. The van der Waals surface area contributed by atoms with E-state index < -0.39 is 5.60 Å². The summed E-state index contributed by atoms with van der Waals surface area (Å²) in [7, 11) is 0. The summed E-state index contributed by atoms with van der Waals surface area (Å²) in [5.74, 6) is 1.85. The summed E-state index contributed by atoms with van der Waals surface area (Å²) >= 11 is 0. The normalized spacial score (nSPS) is 24.6. The van der Waals surface area contributed by atoms with Crippen LogP contribution < -0.4 is 0 Å². The predicted molar refractivity (Wildman–Crippen MR) is 112 cm³/mol. The molecule has 2 aliphatic rings. The second-order valence-electron chi connectivity index (χ2n) is 9.62. The Morgan fingerprint density at radius 3 is 2.66 bits per heavy atom. The predicted octanol–water partition coefficient (Wildman–Crippen LogP) is 4.04. The summed E-state index contributed by atoms with van der Waals surface area (Å²) in [5, 5.41) is 0. The molecular formula is C25H30O4. The van der Waals surface area contributed by atoms with Crippen LogP contribution in [0.3, 0.4) is 0 Å². The standard InChI is InChI=1S/C25H30O4/c1-7-9-16-10-8-11-17-14-18(15-19(16)17)28-23(27)22-20(25(22,5)6)12-13-21(26)29-24(2,3)4/h1,8,10-13,18,20,22H,9,14-15H2,2-6H3/t18?,20-,22-/m0/s1. The van der Waals surface area contributed by atoms with Crippen molar-refractivity contribution in [2.24, 2.45) is 17.3 Å². The van der Waals surface area contributed by atoms with E-state index >= 15 is 0 Å². The molecule has 4 nitrogen and oxygen atoms in total. The lowest BCUT2D eigenvalue weighted by molar-refractivity contribution is -0.151. The molecule has 1 aromatic carbocycles. The van der Waals surface area contributed by atoms with Crippen LogP contribution in [0.4, 0.5) is 0 Å². The minimum absolute atomic E-state index is 0.0247. The first-order valence-electron chi connectivity index (χ1n) is 10.2. The highest BCUT2D eigenvalue weighted by atomic mass is 16.6. The quantitative estimate of drug-likeness (QED) is 0.430. The molecule has 4 heteroatoms. The molecule has 0 N–H and O–H groups in total. The number of allylic oxidation sites excluding steroid dienone is 1. The molecule has 0 spiro atoms. The van der Waals surface area contributed by atoms with Crippen LogP contribution in [0.1, 0.15) is 51.3 Å². The zero-order chi connectivity index (χ0) is 21.4. The minimum atomic E-state index is -0.533. The van der Waals surface area contributed by atoms with Gasteiger partial charge in [0.25, 0.3) is 0 Å². The fourth-order valence-electron chi connectivity index (χ4n) is 4.29. The summed E-state index contributed by atoms with van der Waals surface area (Å²) in [4.78, 5) is 24.7. The molecule has 154 valence electrons. The van der Waals surface area contributed by atoms with Crippen LogP contribution in [0.2, 0.25) is 0 Å². The fourth-order valence-corrected chi connectivity index (χ4v) is 4.29. The Morgan fingerprint density at radius 1 is 1.28 bits per heavy atom. The number of carbonyl (C=O) groups excluding carboxylic acids is 2. The van der Waals surface area contributed by atoms with Gasteiger partial charge in [0.05, 0.1) is 5.92 Å². The van der Waals surface area contributed by atoms with E-state index in [1.54, 1.807) is 6.08 Å². The maximum absolute atomic E-state index is 12.8. The first-order valence-corrected chi connectivity index (χ1v) is 10.2. The van der Waals surface area contributed by atoms with Gasteiger partial charge in [0.1, 0.15) is 11.7 Å². The summed E-state index contributed by atoms with van der Waals surface area (Å²) in [6, 6.07) is 6.14. The molecule has 1 fully saturated rings. The van der Waals surface area contributed by atoms with Crippen LogP contribution in [0.15, 0.2) is 30.4 Å². The van der Waals surface area contributed by atoms with Gasteiger partial charge in [-0.15, -0.1) is 12.3 Å². The topological polar surface area (TPSA) is 52.6 Å². The lowest BCUT2D eigenvalue weighted by Crippen LogP contribution is -2.22. The second kappa shape index (κ2) is 7.71. The van der Waals surface area contributed by atoms with Gasteiger partial charge in [-0.25, -0.2) is 4.79 Å². The molecule has 3 rings (SSSR count). The zero-order valence-electron chi connectivity index (χ0n) is 18.0. The van der Waals surface area contributed by atoms with Gasteiger partial charge in [0.15, 0.2) is 0 Å². The molecule has 0 aromatic heterocycles. The van der Waals surface area contributed by atoms with E-state index in [-0.39, 0.29) is 35.3 Å². The van der Waals surface area contributed by atoms with Gasteiger partial charge in [-0.05, 0) is 48.8 Å². The fraction of sp³-hybridized carbons (Fsp3) is 0.520. The molecule has 0 saturated heterocycles. The Labute approximate surface area is 173 Å². The number of hydrogen-bond acceptors (Lipinski definition) is 4. The van der Waals surface area contributed by atoms with Crippen molar-refractivity contribution in [3.8, 4) is 12.3 Å². The summed E-state index contributed by atoms with van der Waals surface area (Å²) < 4.78 is 11.2. The third-order valence-electron chi connectivity index (χ3n) is 5.84. The molecule has 0 radical (unpaired) electrons. The van der Waals surface area contributed by atoms with E-state index in [1.165, 1.54) is 17.2 Å². The van der Waals surface area contributed by atoms with Crippen molar-refractivity contribution < 1.29 is 19.1 Å². The second-order valence-corrected chi connectivity index (χ2v) is 9.62. The first-order chi connectivity index (χ1) is 13.5. The Hall–Kier alpha value is -2.54. The molecule has 3 atom stereocenters. The number of fused-ring (bicyclic) bond motifs is 1. The molecule has 29 heavy (non-hydrogen) atoms. The third-order valence-corrected chi connectivity index (χ3v) is 5.84. The van der Waals surface area contributed by atoms with Gasteiger partial charge in [-0.2, -0.15) is 0 Å². The van der Waals surface area contributed by atoms with Gasteiger partial charge in [0, 0.05) is 25.3 Å². The number of carbonyl (C=O) groups is 2. The van der Waals surface area contributed by atoms with Crippen molar-refractivity contribution in [3.63, 3.8) is 0 Å². The van der Waals surface area contributed by atoms with Crippen molar-refractivity contribution in [3.05, 3.63) is 47.0 Å².